The van der Waals surface area contributed by atoms with Crippen LogP contribution >= 0.6 is 11.3 Å². The molecule has 3 rings (SSSR count). The van der Waals surface area contributed by atoms with Crippen molar-refractivity contribution < 1.29 is 9.53 Å². The Labute approximate surface area is 150 Å². The third-order valence-electron chi connectivity index (χ3n) is 3.74. The summed E-state index contributed by atoms with van der Waals surface area (Å²) in [5.74, 6) is 0.782. The average Bonchev–Trinajstić information content (AvgIpc) is 3.01. The first-order valence-corrected chi connectivity index (χ1v) is 8.74. The molecule has 3 aromatic rings. The van der Waals surface area contributed by atoms with E-state index in [1.165, 1.54) is 0 Å². The van der Waals surface area contributed by atoms with E-state index < -0.39 is 0 Å². The number of aromatic nitrogens is 2. The minimum atomic E-state index is -0.0290. The van der Waals surface area contributed by atoms with Gasteiger partial charge in [0, 0.05) is 16.6 Å². The van der Waals surface area contributed by atoms with E-state index in [0.717, 1.165) is 32.6 Å². The van der Waals surface area contributed by atoms with Crippen molar-refractivity contribution in [2.45, 2.75) is 19.9 Å². The number of thiazole rings is 1. The van der Waals surface area contributed by atoms with E-state index in [9.17, 15) is 4.79 Å². The number of amides is 1. The minimum absolute atomic E-state index is 0.0290. The van der Waals surface area contributed by atoms with Crippen LogP contribution in [0.3, 0.4) is 0 Å². The van der Waals surface area contributed by atoms with Gasteiger partial charge in [-0.05, 0) is 43.3 Å². The zero-order valence-electron chi connectivity index (χ0n) is 14.2. The Morgan fingerprint density at radius 2 is 2.00 bits per heavy atom. The van der Waals surface area contributed by atoms with Gasteiger partial charge in [-0.1, -0.05) is 6.07 Å². The van der Waals surface area contributed by atoms with Gasteiger partial charge in [-0.15, -0.1) is 11.3 Å². The lowest BCUT2D eigenvalue weighted by Crippen LogP contribution is -2.24. The Kier molecular flexibility index (Phi) is 5.40. The number of aryl methyl sites for hydroxylation is 1. The number of hydrogen-bond acceptors (Lipinski definition) is 5. The van der Waals surface area contributed by atoms with Gasteiger partial charge in [0.25, 0.3) is 0 Å². The van der Waals surface area contributed by atoms with E-state index >= 15 is 0 Å². The summed E-state index contributed by atoms with van der Waals surface area (Å²) in [7, 11) is 1.64. The van der Waals surface area contributed by atoms with E-state index in [1.807, 2.05) is 49.4 Å². The van der Waals surface area contributed by atoms with Gasteiger partial charge in [-0.25, -0.2) is 4.98 Å². The van der Waals surface area contributed by atoms with Crippen molar-refractivity contribution in [1.29, 1.82) is 0 Å². The zero-order valence-corrected chi connectivity index (χ0v) is 15.0. The Morgan fingerprint density at radius 3 is 2.68 bits per heavy atom. The van der Waals surface area contributed by atoms with Crippen LogP contribution in [-0.4, -0.2) is 23.0 Å². The van der Waals surface area contributed by atoms with E-state index in [-0.39, 0.29) is 5.91 Å². The largest absolute Gasteiger partial charge is 0.497 e. The number of carbonyl (C=O) groups is 1. The van der Waals surface area contributed by atoms with Crippen LogP contribution in [0.15, 0.2) is 48.7 Å². The third-order valence-corrected chi connectivity index (χ3v) is 4.95. The summed E-state index contributed by atoms with van der Waals surface area (Å²) >= 11 is 1.55. The third kappa shape index (κ3) is 4.42. The van der Waals surface area contributed by atoms with Gasteiger partial charge in [0.05, 0.1) is 31.5 Å². The predicted octanol–water partition coefficient (Wildman–Crippen LogP) is 3.38. The highest BCUT2D eigenvalue weighted by Crippen LogP contribution is 2.29. The van der Waals surface area contributed by atoms with Gasteiger partial charge in [-0.3, -0.25) is 9.78 Å². The van der Waals surface area contributed by atoms with Crippen LogP contribution in [0.5, 0.6) is 5.75 Å². The van der Waals surface area contributed by atoms with E-state index in [4.69, 9.17) is 4.74 Å². The maximum Gasteiger partial charge on any atom is 0.225 e. The van der Waals surface area contributed by atoms with Crippen molar-refractivity contribution in [3.63, 3.8) is 0 Å². The molecule has 1 aromatic carbocycles. The SMILES string of the molecule is COc1ccc(-c2nc(C)c(CC(=O)NCc3ccccn3)s2)cc1. The monoisotopic (exact) mass is 353 g/mol. The molecule has 0 aliphatic rings. The van der Waals surface area contributed by atoms with Crippen molar-refractivity contribution in [3.8, 4) is 16.3 Å². The summed E-state index contributed by atoms with van der Waals surface area (Å²) in [6.45, 7) is 2.37. The molecule has 0 spiro atoms. The maximum atomic E-state index is 12.2. The van der Waals surface area contributed by atoms with Crippen LogP contribution in [-0.2, 0) is 17.8 Å². The topological polar surface area (TPSA) is 64.1 Å². The molecular formula is C19H19N3O2S. The number of benzene rings is 1. The van der Waals surface area contributed by atoms with Crippen LogP contribution in [0.4, 0.5) is 0 Å². The molecule has 5 nitrogen and oxygen atoms in total. The minimum Gasteiger partial charge on any atom is -0.497 e. The summed E-state index contributed by atoms with van der Waals surface area (Å²) in [4.78, 5) is 22.0. The lowest BCUT2D eigenvalue weighted by Gasteiger charge is -2.03. The van der Waals surface area contributed by atoms with Gasteiger partial charge in [0.15, 0.2) is 0 Å². The first-order valence-electron chi connectivity index (χ1n) is 7.93. The standard InChI is InChI=1S/C19H19N3O2S/c1-13-17(11-18(23)21-12-15-5-3-4-10-20-15)25-19(22-13)14-6-8-16(24-2)9-7-14/h3-10H,11-12H2,1-2H3,(H,21,23). The highest BCUT2D eigenvalue weighted by Gasteiger charge is 2.13. The first kappa shape index (κ1) is 17.1. The molecule has 1 amide bonds. The smallest absolute Gasteiger partial charge is 0.225 e. The van der Waals surface area contributed by atoms with Crippen LogP contribution in [0.25, 0.3) is 10.6 Å². The Morgan fingerprint density at radius 1 is 1.20 bits per heavy atom. The molecule has 1 N–H and O–H groups in total. The number of rotatable bonds is 6. The number of hydrogen-bond donors (Lipinski definition) is 1. The van der Waals surface area contributed by atoms with E-state index in [2.05, 4.69) is 15.3 Å². The maximum absolute atomic E-state index is 12.2. The molecule has 0 saturated carbocycles. The lowest BCUT2D eigenvalue weighted by atomic mass is 10.2. The lowest BCUT2D eigenvalue weighted by molar-refractivity contribution is -0.120. The van der Waals surface area contributed by atoms with E-state index in [1.54, 1.807) is 24.6 Å². The molecule has 128 valence electrons. The quantitative estimate of drug-likeness (QED) is 0.738. The molecule has 0 aliphatic heterocycles. The Hall–Kier alpha value is -2.73. The highest BCUT2D eigenvalue weighted by atomic mass is 32.1. The van der Waals surface area contributed by atoms with Crippen molar-refractivity contribution >= 4 is 17.2 Å². The first-order chi connectivity index (χ1) is 12.2. The summed E-state index contributed by atoms with van der Waals surface area (Å²) in [6, 6.07) is 13.4. The van der Waals surface area contributed by atoms with Gasteiger partial charge in [-0.2, -0.15) is 0 Å². The summed E-state index contributed by atoms with van der Waals surface area (Å²) < 4.78 is 5.17. The molecule has 0 unspecified atom stereocenters. The van der Waals surface area contributed by atoms with Crippen LogP contribution in [0.2, 0.25) is 0 Å². The molecule has 0 bridgehead atoms. The second-order valence-corrected chi connectivity index (χ2v) is 6.61. The van der Waals surface area contributed by atoms with Crippen molar-refractivity contribution in [2.24, 2.45) is 0 Å². The second kappa shape index (κ2) is 7.90. The van der Waals surface area contributed by atoms with Crippen molar-refractivity contribution in [1.82, 2.24) is 15.3 Å². The number of carbonyl (C=O) groups excluding carboxylic acids is 1. The average molecular weight is 353 g/mol. The highest BCUT2D eigenvalue weighted by molar-refractivity contribution is 7.15. The van der Waals surface area contributed by atoms with Gasteiger partial charge in [0.1, 0.15) is 10.8 Å². The zero-order chi connectivity index (χ0) is 17.6. The van der Waals surface area contributed by atoms with Gasteiger partial charge < -0.3 is 10.1 Å². The molecule has 0 aliphatic carbocycles. The van der Waals surface area contributed by atoms with Crippen LogP contribution < -0.4 is 10.1 Å². The molecule has 0 fully saturated rings. The number of pyridine rings is 1. The molecule has 2 heterocycles. The molecule has 0 radical (unpaired) electrons. The van der Waals surface area contributed by atoms with Crippen molar-refractivity contribution in [3.05, 3.63) is 64.9 Å². The van der Waals surface area contributed by atoms with Crippen molar-refractivity contribution in [2.75, 3.05) is 7.11 Å². The number of nitrogens with zero attached hydrogens (tertiary/aromatic N) is 2. The molecule has 0 atom stereocenters. The summed E-state index contributed by atoms with van der Waals surface area (Å²) in [5.41, 5.74) is 2.76. The number of methoxy groups -OCH3 is 1. The van der Waals surface area contributed by atoms with Gasteiger partial charge in [0.2, 0.25) is 5.91 Å². The fourth-order valence-corrected chi connectivity index (χ4v) is 3.42. The number of nitrogens with one attached hydrogen (secondary N) is 1. The number of ether oxygens (including phenoxy) is 1. The normalized spacial score (nSPS) is 10.5. The molecule has 2 aromatic heterocycles. The van der Waals surface area contributed by atoms with Gasteiger partial charge >= 0.3 is 0 Å². The fourth-order valence-electron chi connectivity index (χ4n) is 2.35. The summed E-state index contributed by atoms with van der Waals surface area (Å²) in [6.07, 6.45) is 2.04. The second-order valence-electron chi connectivity index (χ2n) is 5.53. The molecule has 6 heteroatoms. The molecular weight excluding hydrogens is 334 g/mol. The van der Waals surface area contributed by atoms with E-state index in [0.29, 0.717) is 13.0 Å². The Balaban J connectivity index is 1.64. The Bertz CT molecular complexity index is 845. The molecule has 0 saturated heterocycles. The van der Waals surface area contributed by atoms with Crippen LogP contribution in [0, 0.1) is 6.92 Å². The fraction of sp³-hybridized carbons (Fsp3) is 0.211. The predicted molar refractivity (Wildman–Crippen MR) is 98.6 cm³/mol. The molecule has 25 heavy (non-hydrogen) atoms. The van der Waals surface area contributed by atoms with Crippen LogP contribution in [0.1, 0.15) is 16.3 Å². The summed E-state index contributed by atoms with van der Waals surface area (Å²) in [5, 5.41) is 3.81.